The van der Waals surface area contributed by atoms with Crippen molar-refractivity contribution in [3.63, 3.8) is 0 Å². The Balaban J connectivity index is 2.13. The van der Waals surface area contributed by atoms with E-state index in [-0.39, 0.29) is 11.9 Å². The predicted octanol–water partition coefficient (Wildman–Crippen LogP) is 3.17. The van der Waals surface area contributed by atoms with Gasteiger partial charge in [0.25, 0.3) is 0 Å². The van der Waals surface area contributed by atoms with Gasteiger partial charge in [-0.05, 0) is 36.0 Å². The van der Waals surface area contributed by atoms with Crippen molar-refractivity contribution in [1.29, 1.82) is 0 Å². The molecule has 110 valence electrons. The van der Waals surface area contributed by atoms with Gasteiger partial charge in [0.1, 0.15) is 0 Å². The quantitative estimate of drug-likeness (QED) is 0.896. The standard InChI is InChI=1S/C17H26N2O/c1-3-5-16(18)14-8-7-13-9-10-19(12-15(13)11-14)17(20)6-4-2/h7-8,11,16H,3-6,9-10,12,18H2,1-2H3. The average Bonchev–Trinajstić information content (AvgIpc) is 2.46. The molecule has 2 rings (SSSR count). The second-order valence-corrected chi connectivity index (χ2v) is 5.74. The summed E-state index contributed by atoms with van der Waals surface area (Å²) < 4.78 is 0. The molecule has 1 unspecified atom stereocenters. The van der Waals surface area contributed by atoms with E-state index in [1.54, 1.807) is 0 Å². The third-order valence-corrected chi connectivity index (χ3v) is 4.09. The van der Waals surface area contributed by atoms with Gasteiger partial charge in [-0.1, -0.05) is 38.5 Å². The zero-order valence-electron chi connectivity index (χ0n) is 12.7. The van der Waals surface area contributed by atoms with Crippen LogP contribution in [0.3, 0.4) is 0 Å². The van der Waals surface area contributed by atoms with Gasteiger partial charge < -0.3 is 10.6 Å². The van der Waals surface area contributed by atoms with Gasteiger partial charge in [0.2, 0.25) is 5.91 Å². The summed E-state index contributed by atoms with van der Waals surface area (Å²) >= 11 is 0. The Labute approximate surface area is 122 Å². The lowest BCUT2D eigenvalue weighted by Gasteiger charge is -2.29. The zero-order chi connectivity index (χ0) is 14.5. The Morgan fingerprint density at radius 2 is 2.10 bits per heavy atom. The molecule has 1 aromatic rings. The summed E-state index contributed by atoms with van der Waals surface area (Å²) in [5, 5.41) is 0. The first-order valence-corrected chi connectivity index (χ1v) is 7.80. The van der Waals surface area contributed by atoms with Gasteiger partial charge in [-0.25, -0.2) is 0 Å². The van der Waals surface area contributed by atoms with Crippen molar-refractivity contribution in [1.82, 2.24) is 4.90 Å². The van der Waals surface area contributed by atoms with E-state index in [4.69, 9.17) is 5.73 Å². The van der Waals surface area contributed by atoms with Crippen molar-refractivity contribution in [2.24, 2.45) is 5.73 Å². The second kappa shape index (κ2) is 6.89. The molecular formula is C17H26N2O. The Hall–Kier alpha value is -1.35. The van der Waals surface area contributed by atoms with Crippen LogP contribution < -0.4 is 5.73 Å². The number of carbonyl (C=O) groups is 1. The fraction of sp³-hybridized carbons (Fsp3) is 0.588. The maximum absolute atomic E-state index is 12.0. The van der Waals surface area contributed by atoms with Crippen molar-refractivity contribution in [3.8, 4) is 0 Å². The van der Waals surface area contributed by atoms with Crippen molar-refractivity contribution in [2.45, 2.75) is 58.5 Å². The molecule has 20 heavy (non-hydrogen) atoms. The number of amides is 1. The number of carbonyl (C=O) groups excluding carboxylic acids is 1. The van der Waals surface area contributed by atoms with Crippen LogP contribution in [0, 0.1) is 0 Å². The van der Waals surface area contributed by atoms with Crippen LogP contribution in [0.5, 0.6) is 0 Å². The summed E-state index contributed by atoms with van der Waals surface area (Å²) in [4.78, 5) is 14.0. The lowest BCUT2D eigenvalue weighted by atomic mass is 9.93. The molecule has 0 aromatic heterocycles. The van der Waals surface area contributed by atoms with Gasteiger partial charge in [0.05, 0.1) is 0 Å². The number of fused-ring (bicyclic) bond motifs is 1. The molecule has 0 aliphatic carbocycles. The van der Waals surface area contributed by atoms with Crippen LogP contribution in [0.4, 0.5) is 0 Å². The topological polar surface area (TPSA) is 46.3 Å². The molecule has 1 aliphatic heterocycles. The molecule has 3 heteroatoms. The van der Waals surface area contributed by atoms with E-state index in [1.807, 2.05) is 4.90 Å². The highest BCUT2D eigenvalue weighted by atomic mass is 16.2. The molecule has 0 spiro atoms. The lowest BCUT2D eigenvalue weighted by Crippen LogP contribution is -2.35. The van der Waals surface area contributed by atoms with E-state index in [9.17, 15) is 4.79 Å². The fourth-order valence-corrected chi connectivity index (χ4v) is 2.87. The first kappa shape index (κ1) is 15.0. The third-order valence-electron chi connectivity index (χ3n) is 4.09. The summed E-state index contributed by atoms with van der Waals surface area (Å²) in [5.74, 6) is 0.279. The van der Waals surface area contributed by atoms with Crippen LogP contribution >= 0.6 is 0 Å². The summed E-state index contributed by atoms with van der Waals surface area (Å²) in [5.41, 5.74) is 10.1. The molecule has 1 atom stereocenters. The Morgan fingerprint density at radius 3 is 2.80 bits per heavy atom. The Kier molecular flexibility index (Phi) is 5.18. The maximum atomic E-state index is 12.0. The summed E-state index contributed by atoms with van der Waals surface area (Å²) in [6.07, 6.45) is 4.65. The van der Waals surface area contributed by atoms with Crippen LogP contribution in [0.15, 0.2) is 18.2 Å². The fourth-order valence-electron chi connectivity index (χ4n) is 2.87. The highest BCUT2D eigenvalue weighted by Crippen LogP contribution is 2.24. The first-order valence-electron chi connectivity index (χ1n) is 7.80. The molecule has 0 saturated carbocycles. The molecule has 0 saturated heterocycles. The smallest absolute Gasteiger partial charge is 0.222 e. The SMILES string of the molecule is CCCC(=O)N1CCc2ccc(C(N)CCC)cc2C1. The molecular weight excluding hydrogens is 248 g/mol. The average molecular weight is 274 g/mol. The van der Waals surface area contributed by atoms with Gasteiger partial charge in [-0.15, -0.1) is 0 Å². The number of hydrogen-bond donors (Lipinski definition) is 1. The molecule has 3 nitrogen and oxygen atoms in total. The molecule has 2 N–H and O–H groups in total. The lowest BCUT2D eigenvalue weighted by molar-refractivity contribution is -0.132. The van der Waals surface area contributed by atoms with E-state index in [0.29, 0.717) is 6.42 Å². The molecule has 0 bridgehead atoms. The van der Waals surface area contributed by atoms with Gasteiger partial charge >= 0.3 is 0 Å². The summed E-state index contributed by atoms with van der Waals surface area (Å²) in [6, 6.07) is 6.68. The highest BCUT2D eigenvalue weighted by molar-refractivity contribution is 5.76. The van der Waals surface area contributed by atoms with Crippen LogP contribution in [0.1, 0.15) is 62.3 Å². The van der Waals surface area contributed by atoms with Crippen molar-refractivity contribution in [3.05, 3.63) is 34.9 Å². The second-order valence-electron chi connectivity index (χ2n) is 5.74. The summed E-state index contributed by atoms with van der Waals surface area (Å²) in [7, 11) is 0. The number of nitrogens with two attached hydrogens (primary N) is 1. The van der Waals surface area contributed by atoms with Crippen LogP contribution in [0.2, 0.25) is 0 Å². The van der Waals surface area contributed by atoms with E-state index in [0.717, 1.165) is 38.8 Å². The summed E-state index contributed by atoms with van der Waals surface area (Å²) in [6.45, 7) is 5.81. The van der Waals surface area contributed by atoms with Crippen LogP contribution in [-0.4, -0.2) is 17.4 Å². The van der Waals surface area contributed by atoms with Crippen molar-refractivity contribution >= 4 is 5.91 Å². The number of nitrogens with zero attached hydrogens (tertiary/aromatic N) is 1. The number of hydrogen-bond acceptors (Lipinski definition) is 2. The van der Waals surface area contributed by atoms with Gasteiger partial charge in [0, 0.05) is 25.6 Å². The molecule has 0 radical (unpaired) electrons. The van der Waals surface area contributed by atoms with Gasteiger partial charge in [-0.3, -0.25) is 4.79 Å². The van der Waals surface area contributed by atoms with E-state index in [2.05, 4.69) is 32.0 Å². The van der Waals surface area contributed by atoms with Crippen LogP contribution in [0.25, 0.3) is 0 Å². The maximum Gasteiger partial charge on any atom is 0.222 e. The van der Waals surface area contributed by atoms with E-state index in [1.165, 1.54) is 16.7 Å². The normalized spacial score (nSPS) is 15.8. The van der Waals surface area contributed by atoms with E-state index < -0.39 is 0 Å². The first-order chi connectivity index (χ1) is 9.65. The molecule has 1 aromatic carbocycles. The molecule has 1 amide bonds. The van der Waals surface area contributed by atoms with Gasteiger partial charge in [-0.2, -0.15) is 0 Å². The third kappa shape index (κ3) is 3.40. The van der Waals surface area contributed by atoms with Crippen molar-refractivity contribution < 1.29 is 4.79 Å². The minimum Gasteiger partial charge on any atom is -0.338 e. The highest BCUT2D eigenvalue weighted by Gasteiger charge is 2.20. The van der Waals surface area contributed by atoms with Crippen molar-refractivity contribution in [2.75, 3.05) is 6.54 Å². The minimum atomic E-state index is 0.118. The zero-order valence-corrected chi connectivity index (χ0v) is 12.7. The largest absolute Gasteiger partial charge is 0.338 e. The molecule has 0 fully saturated rings. The minimum absolute atomic E-state index is 0.118. The Morgan fingerprint density at radius 1 is 1.30 bits per heavy atom. The molecule has 1 heterocycles. The van der Waals surface area contributed by atoms with Crippen LogP contribution in [-0.2, 0) is 17.8 Å². The predicted molar refractivity (Wildman–Crippen MR) is 82.3 cm³/mol. The molecule has 1 aliphatic rings. The van der Waals surface area contributed by atoms with E-state index >= 15 is 0 Å². The Bertz CT molecular complexity index is 470. The number of rotatable bonds is 5. The number of benzene rings is 1. The monoisotopic (exact) mass is 274 g/mol. The van der Waals surface area contributed by atoms with Gasteiger partial charge in [0.15, 0.2) is 0 Å².